The van der Waals surface area contributed by atoms with Crippen LogP contribution < -0.4 is 5.73 Å². The summed E-state index contributed by atoms with van der Waals surface area (Å²) in [6.07, 6.45) is 0. The Bertz CT molecular complexity index is 640. The summed E-state index contributed by atoms with van der Waals surface area (Å²) in [7, 11) is -3.58. The first-order valence-electron chi connectivity index (χ1n) is 5.76. The molecule has 1 aliphatic rings. The Hall–Kier alpha value is -1.11. The minimum absolute atomic E-state index is 0.0335. The van der Waals surface area contributed by atoms with Gasteiger partial charge in [-0.3, -0.25) is 4.79 Å². The highest BCUT2D eigenvalue weighted by molar-refractivity contribution is 7.94. The van der Waals surface area contributed by atoms with E-state index in [9.17, 15) is 13.2 Å². The molecule has 1 aromatic rings. The monoisotopic (exact) mass is 302 g/mol. The van der Waals surface area contributed by atoms with Gasteiger partial charge in [0.2, 0.25) is 0 Å². The Morgan fingerprint density at radius 1 is 1.37 bits per heavy atom. The minimum atomic E-state index is -3.58. The van der Waals surface area contributed by atoms with E-state index < -0.39 is 20.7 Å². The van der Waals surface area contributed by atoms with E-state index in [0.29, 0.717) is 17.1 Å². The molecule has 0 saturated carbocycles. The van der Waals surface area contributed by atoms with Crippen molar-refractivity contribution in [3.05, 3.63) is 34.3 Å². The first-order valence-corrected chi connectivity index (χ1v) is 7.57. The summed E-state index contributed by atoms with van der Waals surface area (Å²) in [4.78, 5) is 11.8. The Morgan fingerprint density at radius 2 is 2.00 bits per heavy atom. The van der Waals surface area contributed by atoms with Gasteiger partial charge in [-0.15, -0.1) is 0 Å². The van der Waals surface area contributed by atoms with Crippen molar-refractivity contribution >= 4 is 27.5 Å². The molecular formula is C12H15ClN2O3S. The second-order valence-electron chi connectivity index (χ2n) is 4.96. The summed E-state index contributed by atoms with van der Waals surface area (Å²) < 4.78 is 23.4. The zero-order valence-corrected chi connectivity index (χ0v) is 12.3. The quantitative estimate of drug-likeness (QED) is 0.911. The maximum Gasteiger partial charge on any atom is 0.259 e. The summed E-state index contributed by atoms with van der Waals surface area (Å²) in [6.45, 7) is 3.13. The van der Waals surface area contributed by atoms with Crippen LogP contribution in [0.1, 0.15) is 25.0 Å². The summed E-state index contributed by atoms with van der Waals surface area (Å²) in [5.74, 6) is -0.411. The van der Waals surface area contributed by atoms with Crippen LogP contribution in [-0.2, 0) is 27.9 Å². The summed E-state index contributed by atoms with van der Waals surface area (Å²) in [5, 5.41) is 0.413. The second kappa shape index (κ2) is 4.47. The molecule has 7 heteroatoms. The van der Waals surface area contributed by atoms with Gasteiger partial charge in [-0.1, -0.05) is 23.7 Å². The van der Waals surface area contributed by atoms with Crippen molar-refractivity contribution in [1.29, 1.82) is 0 Å². The van der Waals surface area contributed by atoms with Crippen molar-refractivity contribution in [3.8, 4) is 0 Å². The van der Waals surface area contributed by atoms with E-state index in [1.165, 1.54) is 13.8 Å². The van der Waals surface area contributed by atoms with Gasteiger partial charge in [-0.2, -0.15) is 0 Å². The Balaban J connectivity index is 2.27. The molecule has 2 N–H and O–H groups in total. The molecule has 5 nitrogen and oxygen atoms in total. The highest BCUT2D eigenvalue weighted by Crippen LogP contribution is 2.36. The number of hydrogen-bond donors (Lipinski definition) is 1. The number of sulfonamides is 1. The second-order valence-corrected chi connectivity index (χ2v) is 7.78. The van der Waals surface area contributed by atoms with Gasteiger partial charge in [0.25, 0.3) is 15.9 Å². The highest BCUT2D eigenvalue weighted by atomic mass is 35.5. The summed E-state index contributed by atoms with van der Waals surface area (Å²) >= 11 is 6.06. The topological polar surface area (TPSA) is 80.5 Å². The van der Waals surface area contributed by atoms with E-state index in [1.54, 1.807) is 18.2 Å². The van der Waals surface area contributed by atoms with Crippen molar-refractivity contribution in [1.82, 2.24) is 4.31 Å². The summed E-state index contributed by atoms with van der Waals surface area (Å²) in [5.41, 5.74) is 6.93. The van der Waals surface area contributed by atoms with Gasteiger partial charge in [-0.05, 0) is 31.0 Å². The molecule has 0 unspecified atom stereocenters. The molecule has 19 heavy (non-hydrogen) atoms. The predicted molar refractivity (Wildman–Crippen MR) is 72.9 cm³/mol. The molecule has 104 valence electrons. The molecule has 1 fully saturated rings. The molecule has 0 aliphatic carbocycles. The van der Waals surface area contributed by atoms with Gasteiger partial charge < -0.3 is 5.73 Å². The first kappa shape index (κ1) is 14.3. The van der Waals surface area contributed by atoms with Gasteiger partial charge in [-0.25, -0.2) is 12.7 Å². The molecule has 1 heterocycles. The molecular weight excluding hydrogens is 288 g/mol. The molecule has 1 amide bonds. The first-order chi connectivity index (χ1) is 8.71. The lowest BCUT2D eigenvalue weighted by atomic mass is 10.1. The predicted octanol–water partition coefficient (Wildman–Crippen LogP) is 1.25. The number of rotatable bonds is 3. The standard InChI is InChI=1S/C12H15ClN2O3S/c1-12(2)11(16)15(19(12,17)18)7-9-4-3-8(6-14)5-10(9)13/h3-5H,6-7,14H2,1-2H3. The lowest BCUT2D eigenvalue weighted by molar-refractivity contribution is -0.132. The molecule has 2 rings (SSSR count). The number of nitrogens with two attached hydrogens (primary N) is 1. The molecule has 0 bridgehead atoms. The van der Waals surface area contributed by atoms with Crippen molar-refractivity contribution in [2.45, 2.75) is 31.7 Å². The molecule has 1 saturated heterocycles. The molecule has 0 spiro atoms. The van der Waals surface area contributed by atoms with Gasteiger partial charge in [0, 0.05) is 11.6 Å². The van der Waals surface area contributed by atoms with Crippen LogP contribution in [-0.4, -0.2) is 23.4 Å². The van der Waals surface area contributed by atoms with Crippen molar-refractivity contribution < 1.29 is 13.2 Å². The molecule has 1 aromatic carbocycles. The van der Waals surface area contributed by atoms with Gasteiger partial charge in [0.05, 0.1) is 6.54 Å². The zero-order chi connectivity index (χ0) is 14.4. The average Bonchev–Trinajstić information content (AvgIpc) is 2.35. The number of halogens is 1. The number of benzene rings is 1. The third-order valence-electron chi connectivity index (χ3n) is 3.34. The van der Waals surface area contributed by atoms with Crippen LogP contribution in [0.15, 0.2) is 18.2 Å². The number of carbonyl (C=O) groups is 1. The third kappa shape index (κ3) is 2.04. The van der Waals surface area contributed by atoms with Gasteiger partial charge in [0.1, 0.15) is 0 Å². The maximum absolute atomic E-state index is 12.0. The summed E-state index contributed by atoms with van der Waals surface area (Å²) in [6, 6.07) is 5.14. The van der Waals surface area contributed by atoms with Crippen LogP contribution >= 0.6 is 11.6 Å². The highest BCUT2D eigenvalue weighted by Gasteiger charge is 2.59. The Kier molecular flexibility index (Phi) is 3.36. The third-order valence-corrected chi connectivity index (χ3v) is 6.04. The fourth-order valence-corrected chi connectivity index (χ4v) is 3.68. The normalized spacial score (nSPS) is 20.2. The van der Waals surface area contributed by atoms with Crippen molar-refractivity contribution in [2.75, 3.05) is 0 Å². The van der Waals surface area contributed by atoms with E-state index in [2.05, 4.69) is 0 Å². The molecule has 0 aromatic heterocycles. The number of amides is 1. The number of hydrogen-bond acceptors (Lipinski definition) is 4. The van der Waals surface area contributed by atoms with E-state index in [1.807, 2.05) is 0 Å². The smallest absolute Gasteiger partial charge is 0.259 e. The SMILES string of the molecule is CC1(C)C(=O)N(Cc2ccc(CN)cc2Cl)S1(=O)=O. The lowest BCUT2D eigenvalue weighted by Gasteiger charge is -2.43. The van der Waals surface area contributed by atoms with Crippen LogP contribution in [0.2, 0.25) is 5.02 Å². The van der Waals surface area contributed by atoms with Crippen LogP contribution in [0.25, 0.3) is 0 Å². The van der Waals surface area contributed by atoms with Crippen molar-refractivity contribution in [2.24, 2.45) is 5.73 Å². The fraction of sp³-hybridized carbons (Fsp3) is 0.417. The average molecular weight is 303 g/mol. The Labute approximate surface area is 117 Å². The lowest BCUT2D eigenvalue weighted by Crippen LogP contribution is -2.66. The molecule has 0 atom stereocenters. The largest absolute Gasteiger partial charge is 0.326 e. The maximum atomic E-state index is 12.0. The van der Waals surface area contributed by atoms with Gasteiger partial charge in [0.15, 0.2) is 4.75 Å². The molecule has 0 radical (unpaired) electrons. The van der Waals surface area contributed by atoms with Crippen LogP contribution in [0.3, 0.4) is 0 Å². The zero-order valence-electron chi connectivity index (χ0n) is 10.7. The van der Waals surface area contributed by atoms with Crippen LogP contribution in [0.4, 0.5) is 0 Å². The van der Waals surface area contributed by atoms with E-state index in [-0.39, 0.29) is 6.54 Å². The van der Waals surface area contributed by atoms with Crippen LogP contribution in [0.5, 0.6) is 0 Å². The molecule has 1 aliphatic heterocycles. The number of carbonyl (C=O) groups excluding carboxylic acids is 1. The Morgan fingerprint density at radius 3 is 2.47 bits per heavy atom. The van der Waals surface area contributed by atoms with E-state index >= 15 is 0 Å². The van der Waals surface area contributed by atoms with Gasteiger partial charge >= 0.3 is 0 Å². The number of nitrogens with zero attached hydrogens (tertiary/aromatic N) is 1. The van der Waals surface area contributed by atoms with Crippen molar-refractivity contribution in [3.63, 3.8) is 0 Å². The van der Waals surface area contributed by atoms with Crippen LogP contribution in [0, 0.1) is 0 Å². The minimum Gasteiger partial charge on any atom is -0.326 e. The van der Waals surface area contributed by atoms with E-state index in [0.717, 1.165) is 9.87 Å². The van der Waals surface area contributed by atoms with E-state index in [4.69, 9.17) is 17.3 Å². The fourth-order valence-electron chi connectivity index (χ4n) is 1.91.